The summed E-state index contributed by atoms with van der Waals surface area (Å²) in [6, 6.07) is 10.7. The molecule has 144 valence electrons. The Morgan fingerprint density at radius 3 is 2.57 bits per heavy atom. The average Bonchev–Trinajstić information content (AvgIpc) is 2.72. The predicted octanol–water partition coefficient (Wildman–Crippen LogP) is 4.57. The van der Waals surface area contributed by atoms with Crippen LogP contribution in [-0.2, 0) is 4.79 Å². The van der Waals surface area contributed by atoms with Gasteiger partial charge in [-0.25, -0.2) is 0 Å². The number of fused-ring (bicyclic) bond motifs is 1. The van der Waals surface area contributed by atoms with Crippen LogP contribution in [0.5, 0.6) is 17.2 Å². The number of carbonyl (C=O) groups is 1. The quantitative estimate of drug-likeness (QED) is 0.616. The van der Waals surface area contributed by atoms with Crippen LogP contribution in [0, 0.1) is 0 Å². The van der Waals surface area contributed by atoms with Gasteiger partial charge in [-0.2, -0.15) is 0 Å². The van der Waals surface area contributed by atoms with E-state index in [2.05, 4.69) is 10.3 Å². The van der Waals surface area contributed by atoms with Crippen molar-refractivity contribution in [1.82, 2.24) is 4.98 Å². The van der Waals surface area contributed by atoms with Crippen LogP contribution in [0.25, 0.3) is 17.0 Å². The number of nitrogens with zero attached hydrogens (tertiary/aromatic N) is 1. The second-order valence-electron chi connectivity index (χ2n) is 5.78. The van der Waals surface area contributed by atoms with Crippen LogP contribution in [-0.4, -0.2) is 32.2 Å². The fourth-order valence-electron chi connectivity index (χ4n) is 2.80. The highest BCUT2D eigenvalue weighted by molar-refractivity contribution is 6.32. The van der Waals surface area contributed by atoms with Gasteiger partial charge in [-0.05, 0) is 48.0 Å². The van der Waals surface area contributed by atoms with Gasteiger partial charge in [0, 0.05) is 17.7 Å². The molecule has 1 aromatic heterocycles. The third kappa shape index (κ3) is 4.02. The molecule has 2 aromatic carbocycles. The number of anilines is 1. The van der Waals surface area contributed by atoms with E-state index in [4.69, 9.17) is 25.8 Å². The van der Waals surface area contributed by atoms with Crippen LogP contribution in [0.2, 0.25) is 5.02 Å². The van der Waals surface area contributed by atoms with Crippen molar-refractivity contribution in [2.45, 2.75) is 0 Å². The van der Waals surface area contributed by atoms with Crippen LogP contribution in [0.1, 0.15) is 5.56 Å². The van der Waals surface area contributed by atoms with Crippen LogP contribution >= 0.6 is 11.6 Å². The molecule has 3 rings (SSSR count). The zero-order valence-electron chi connectivity index (χ0n) is 15.7. The Bertz CT molecular complexity index is 1050. The molecule has 0 saturated heterocycles. The molecule has 3 aromatic rings. The number of carbonyl (C=O) groups excluding carboxylic acids is 1. The van der Waals surface area contributed by atoms with Crippen molar-refractivity contribution in [3.63, 3.8) is 0 Å². The zero-order chi connectivity index (χ0) is 20.1. The minimum atomic E-state index is -0.291. The lowest BCUT2D eigenvalue weighted by atomic mass is 10.1. The maximum absolute atomic E-state index is 12.4. The van der Waals surface area contributed by atoms with E-state index >= 15 is 0 Å². The van der Waals surface area contributed by atoms with Crippen molar-refractivity contribution < 1.29 is 19.0 Å². The molecule has 6 nitrogen and oxygen atoms in total. The summed E-state index contributed by atoms with van der Waals surface area (Å²) in [4.78, 5) is 16.7. The van der Waals surface area contributed by atoms with E-state index in [1.165, 1.54) is 20.3 Å². The summed E-state index contributed by atoms with van der Waals surface area (Å²) < 4.78 is 15.8. The van der Waals surface area contributed by atoms with Crippen molar-refractivity contribution in [2.24, 2.45) is 0 Å². The highest BCUT2D eigenvalue weighted by Gasteiger charge is 2.11. The van der Waals surface area contributed by atoms with Crippen LogP contribution < -0.4 is 19.5 Å². The second kappa shape index (κ2) is 8.63. The molecule has 0 fully saturated rings. The summed E-state index contributed by atoms with van der Waals surface area (Å²) in [5.41, 5.74) is 2.03. The number of hydrogen-bond donors (Lipinski definition) is 1. The largest absolute Gasteiger partial charge is 0.494 e. The SMILES string of the molecule is COc1cc(/C=C/C(=O)Nc2ccc(OC)c3ncccc23)cc(Cl)c1OC. The van der Waals surface area contributed by atoms with Crippen molar-refractivity contribution in [2.75, 3.05) is 26.6 Å². The molecule has 1 heterocycles. The monoisotopic (exact) mass is 398 g/mol. The van der Waals surface area contributed by atoms with Gasteiger partial charge in [0.05, 0.1) is 32.0 Å². The number of nitrogens with one attached hydrogen (secondary N) is 1. The number of amides is 1. The Kier molecular flexibility index (Phi) is 6.01. The molecule has 0 aliphatic carbocycles. The lowest BCUT2D eigenvalue weighted by molar-refractivity contribution is -0.111. The Balaban J connectivity index is 1.83. The molecule has 0 atom stereocenters. The molecule has 0 radical (unpaired) electrons. The summed E-state index contributed by atoms with van der Waals surface area (Å²) in [6.07, 6.45) is 4.74. The number of aromatic nitrogens is 1. The third-order valence-electron chi connectivity index (χ3n) is 4.09. The number of pyridine rings is 1. The smallest absolute Gasteiger partial charge is 0.248 e. The number of rotatable bonds is 6. The first-order valence-corrected chi connectivity index (χ1v) is 8.77. The van der Waals surface area contributed by atoms with Crippen LogP contribution in [0.15, 0.2) is 48.7 Å². The summed E-state index contributed by atoms with van der Waals surface area (Å²) in [5, 5.41) is 4.05. The Hall–Kier alpha value is -3.25. The number of ether oxygens (including phenoxy) is 3. The maximum Gasteiger partial charge on any atom is 0.248 e. The Labute approximate surface area is 167 Å². The van der Waals surface area contributed by atoms with Crippen molar-refractivity contribution in [1.29, 1.82) is 0 Å². The molecule has 0 bridgehead atoms. The molecular weight excluding hydrogens is 380 g/mol. The van der Waals surface area contributed by atoms with Crippen molar-refractivity contribution >= 4 is 40.2 Å². The molecule has 1 N–H and O–H groups in total. The van der Waals surface area contributed by atoms with E-state index in [-0.39, 0.29) is 5.91 Å². The van der Waals surface area contributed by atoms with E-state index < -0.39 is 0 Å². The highest BCUT2D eigenvalue weighted by Crippen LogP contribution is 2.36. The fraction of sp³-hybridized carbons (Fsp3) is 0.143. The van der Waals surface area contributed by atoms with Crippen LogP contribution in [0.4, 0.5) is 5.69 Å². The van der Waals surface area contributed by atoms with Gasteiger partial charge in [0.1, 0.15) is 11.3 Å². The van der Waals surface area contributed by atoms with E-state index in [1.54, 1.807) is 49.7 Å². The number of benzene rings is 2. The third-order valence-corrected chi connectivity index (χ3v) is 4.37. The summed E-state index contributed by atoms with van der Waals surface area (Å²) in [6.45, 7) is 0. The first-order valence-electron chi connectivity index (χ1n) is 8.39. The maximum atomic E-state index is 12.4. The molecule has 0 aliphatic heterocycles. The predicted molar refractivity (Wildman–Crippen MR) is 111 cm³/mol. The topological polar surface area (TPSA) is 69.7 Å². The molecule has 0 saturated carbocycles. The molecule has 1 amide bonds. The minimum absolute atomic E-state index is 0.291. The lowest BCUT2D eigenvalue weighted by Gasteiger charge is -2.10. The van der Waals surface area contributed by atoms with Gasteiger partial charge in [0.2, 0.25) is 5.91 Å². The first kappa shape index (κ1) is 19.5. The summed E-state index contributed by atoms with van der Waals surface area (Å²) >= 11 is 6.19. The molecular formula is C21H19ClN2O4. The van der Waals surface area contributed by atoms with E-state index in [1.807, 2.05) is 6.07 Å². The summed E-state index contributed by atoms with van der Waals surface area (Å²) in [7, 11) is 4.62. The van der Waals surface area contributed by atoms with E-state index in [9.17, 15) is 4.79 Å². The molecule has 28 heavy (non-hydrogen) atoms. The first-order chi connectivity index (χ1) is 13.6. The fourth-order valence-corrected chi connectivity index (χ4v) is 3.10. The zero-order valence-corrected chi connectivity index (χ0v) is 16.4. The number of methoxy groups -OCH3 is 3. The van der Waals surface area contributed by atoms with E-state index in [0.717, 1.165) is 5.39 Å². The average molecular weight is 399 g/mol. The normalized spacial score (nSPS) is 10.9. The van der Waals surface area contributed by atoms with E-state index in [0.29, 0.717) is 39.0 Å². The number of halogens is 1. The standard InChI is InChI=1S/C21H19ClN2O4/c1-26-17-8-7-16(14-5-4-10-23-20(14)17)24-19(25)9-6-13-11-15(22)21(28-3)18(12-13)27-2/h4-12H,1-3H3,(H,24,25)/b9-6+. The molecule has 0 unspecified atom stereocenters. The minimum Gasteiger partial charge on any atom is -0.494 e. The summed E-state index contributed by atoms with van der Waals surface area (Å²) in [5.74, 6) is 1.29. The second-order valence-corrected chi connectivity index (χ2v) is 6.18. The lowest BCUT2D eigenvalue weighted by Crippen LogP contribution is -2.08. The van der Waals surface area contributed by atoms with Gasteiger partial charge in [0.15, 0.2) is 11.5 Å². The van der Waals surface area contributed by atoms with Gasteiger partial charge in [-0.3, -0.25) is 9.78 Å². The van der Waals surface area contributed by atoms with Crippen molar-refractivity contribution in [3.8, 4) is 17.2 Å². The molecule has 0 spiro atoms. The van der Waals surface area contributed by atoms with Gasteiger partial charge in [-0.1, -0.05) is 11.6 Å². The highest BCUT2D eigenvalue weighted by atomic mass is 35.5. The van der Waals surface area contributed by atoms with Gasteiger partial charge in [0.25, 0.3) is 0 Å². The van der Waals surface area contributed by atoms with Gasteiger partial charge < -0.3 is 19.5 Å². The van der Waals surface area contributed by atoms with Crippen molar-refractivity contribution in [3.05, 3.63) is 59.3 Å². The van der Waals surface area contributed by atoms with Gasteiger partial charge in [-0.15, -0.1) is 0 Å². The molecule has 7 heteroatoms. The number of hydrogen-bond acceptors (Lipinski definition) is 5. The Morgan fingerprint density at radius 2 is 1.86 bits per heavy atom. The molecule has 0 aliphatic rings. The van der Waals surface area contributed by atoms with Gasteiger partial charge >= 0.3 is 0 Å². The van der Waals surface area contributed by atoms with Crippen LogP contribution in [0.3, 0.4) is 0 Å². The Morgan fingerprint density at radius 1 is 1.07 bits per heavy atom.